The molecule has 98 valence electrons. The van der Waals surface area contributed by atoms with Crippen LogP contribution in [0.2, 0.25) is 5.02 Å². The number of nitrogens with two attached hydrogens (primary N) is 1. The maximum Gasteiger partial charge on any atom is 0.124 e. The van der Waals surface area contributed by atoms with Gasteiger partial charge in [0.05, 0.1) is 0 Å². The van der Waals surface area contributed by atoms with Crippen molar-refractivity contribution in [2.75, 3.05) is 0 Å². The monoisotopic (exact) mass is 267 g/mol. The van der Waals surface area contributed by atoms with Crippen LogP contribution in [-0.4, -0.2) is 0 Å². The van der Waals surface area contributed by atoms with E-state index in [1.165, 1.54) is 44.2 Å². The Kier molecular flexibility index (Phi) is 2.91. The summed E-state index contributed by atoms with van der Waals surface area (Å²) >= 11 is 6.13. The fourth-order valence-electron chi connectivity index (χ4n) is 4.03. The Bertz CT molecular complexity index is 458. The van der Waals surface area contributed by atoms with Crippen molar-refractivity contribution < 1.29 is 4.39 Å². The van der Waals surface area contributed by atoms with Gasteiger partial charge >= 0.3 is 0 Å². The van der Waals surface area contributed by atoms with Gasteiger partial charge in [-0.25, -0.2) is 4.39 Å². The van der Waals surface area contributed by atoms with Gasteiger partial charge in [0.1, 0.15) is 5.82 Å². The lowest BCUT2D eigenvalue weighted by atomic mass is 9.51. The molecule has 0 saturated heterocycles. The molecule has 1 nitrogen and oxygen atoms in total. The minimum absolute atomic E-state index is 0.293. The zero-order valence-corrected chi connectivity index (χ0v) is 11.3. The number of rotatable bonds is 1. The van der Waals surface area contributed by atoms with Crippen LogP contribution in [0.1, 0.15) is 50.5 Å². The average molecular weight is 268 g/mol. The van der Waals surface area contributed by atoms with Crippen LogP contribution in [0.15, 0.2) is 18.2 Å². The molecule has 0 atom stereocenters. The van der Waals surface area contributed by atoms with Crippen molar-refractivity contribution in [3.8, 4) is 0 Å². The van der Waals surface area contributed by atoms with Gasteiger partial charge in [-0.3, -0.25) is 0 Å². The lowest BCUT2D eigenvalue weighted by molar-refractivity contribution is -0.00987. The zero-order valence-electron chi connectivity index (χ0n) is 10.5. The van der Waals surface area contributed by atoms with Crippen LogP contribution in [0.5, 0.6) is 0 Å². The zero-order chi connectivity index (χ0) is 12.8. The predicted octanol–water partition coefficient (Wildman–Crippen LogP) is 4.38. The van der Waals surface area contributed by atoms with Crippen molar-refractivity contribution in [2.24, 2.45) is 11.1 Å². The van der Waals surface area contributed by atoms with E-state index in [4.69, 9.17) is 17.3 Å². The summed E-state index contributed by atoms with van der Waals surface area (Å²) < 4.78 is 13.1. The third kappa shape index (κ3) is 1.96. The number of benzene rings is 1. The third-order valence-electron chi connectivity index (χ3n) is 4.76. The Morgan fingerprint density at radius 2 is 1.78 bits per heavy atom. The molecule has 3 heteroatoms. The smallest absolute Gasteiger partial charge is 0.124 e. The molecule has 1 spiro atoms. The van der Waals surface area contributed by atoms with E-state index < -0.39 is 0 Å². The Balaban J connectivity index is 1.81. The minimum atomic E-state index is -0.331. The molecule has 2 aliphatic rings. The Labute approximate surface area is 113 Å². The second kappa shape index (κ2) is 4.21. The van der Waals surface area contributed by atoms with Gasteiger partial charge in [0.25, 0.3) is 0 Å². The number of hydrogen-bond donors (Lipinski definition) is 1. The van der Waals surface area contributed by atoms with Gasteiger partial charge in [-0.1, -0.05) is 36.9 Å². The van der Waals surface area contributed by atoms with Crippen LogP contribution in [0.3, 0.4) is 0 Å². The van der Waals surface area contributed by atoms with E-state index in [-0.39, 0.29) is 11.4 Å². The maximum atomic E-state index is 13.1. The molecule has 2 aliphatic carbocycles. The first-order chi connectivity index (χ1) is 8.53. The van der Waals surface area contributed by atoms with E-state index in [2.05, 4.69) is 0 Å². The first-order valence-electron chi connectivity index (χ1n) is 6.78. The minimum Gasteiger partial charge on any atom is -0.321 e. The Morgan fingerprint density at radius 3 is 2.39 bits per heavy atom. The van der Waals surface area contributed by atoms with Gasteiger partial charge in [0.15, 0.2) is 0 Å². The van der Waals surface area contributed by atoms with Gasteiger partial charge in [-0.2, -0.15) is 0 Å². The average Bonchev–Trinajstić information content (AvgIpc) is 2.28. The summed E-state index contributed by atoms with van der Waals surface area (Å²) in [5, 5.41) is 0.475. The van der Waals surface area contributed by atoms with Crippen LogP contribution < -0.4 is 5.73 Å². The highest BCUT2D eigenvalue weighted by Crippen LogP contribution is 2.60. The largest absolute Gasteiger partial charge is 0.321 e. The molecule has 1 aromatic carbocycles. The fourth-order valence-corrected chi connectivity index (χ4v) is 4.38. The molecule has 3 rings (SSSR count). The molecule has 2 fully saturated rings. The van der Waals surface area contributed by atoms with E-state index in [1.54, 1.807) is 6.07 Å². The van der Waals surface area contributed by atoms with Gasteiger partial charge in [0.2, 0.25) is 0 Å². The molecule has 0 unspecified atom stereocenters. The van der Waals surface area contributed by atoms with Crippen molar-refractivity contribution in [2.45, 2.75) is 50.5 Å². The van der Waals surface area contributed by atoms with Crippen molar-refractivity contribution in [1.82, 2.24) is 0 Å². The summed E-state index contributed by atoms with van der Waals surface area (Å²) in [5.74, 6) is -0.293. The summed E-state index contributed by atoms with van der Waals surface area (Å²) in [6, 6.07) is 4.59. The lowest BCUT2D eigenvalue weighted by Crippen LogP contribution is -2.56. The van der Waals surface area contributed by atoms with Crippen LogP contribution >= 0.6 is 11.6 Å². The molecule has 0 aliphatic heterocycles. The molecule has 0 bridgehead atoms. The third-order valence-corrected chi connectivity index (χ3v) is 5.08. The first kappa shape index (κ1) is 12.4. The van der Waals surface area contributed by atoms with E-state index >= 15 is 0 Å². The summed E-state index contributed by atoms with van der Waals surface area (Å²) in [6.07, 6.45) is 8.61. The van der Waals surface area contributed by atoms with E-state index in [9.17, 15) is 4.39 Å². The Morgan fingerprint density at radius 1 is 1.11 bits per heavy atom. The predicted molar refractivity (Wildman–Crippen MR) is 72.0 cm³/mol. The highest BCUT2D eigenvalue weighted by atomic mass is 35.5. The van der Waals surface area contributed by atoms with E-state index in [0.29, 0.717) is 10.4 Å². The summed E-state index contributed by atoms with van der Waals surface area (Å²) in [4.78, 5) is 0. The number of hydrogen-bond acceptors (Lipinski definition) is 1. The summed E-state index contributed by atoms with van der Waals surface area (Å²) in [7, 11) is 0. The Hall–Kier alpha value is -0.600. The van der Waals surface area contributed by atoms with Crippen LogP contribution in [0.4, 0.5) is 4.39 Å². The molecule has 0 radical (unpaired) electrons. The SMILES string of the molecule is NC1(c2ccc(F)cc2Cl)CC2(CCCCC2)C1. The van der Waals surface area contributed by atoms with Crippen LogP contribution in [-0.2, 0) is 5.54 Å². The van der Waals surface area contributed by atoms with Gasteiger partial charge < -0.3 is 5.73 Å². The number of halogens is 2. The molecule has 0 amide bonds. The highest BCUT2D eigenvalue weighted by Gasteiger charge is 2.53. The molecular weight excluding hydrogens is 249 g/mol. The van der Waals surface area contributed by atoms with Gasteiger partial charge in [-0.15, -0.1) is 0 Å². The second-order valence-electron chi connectivity index (χ2n) is 6.19. The van der Waals surface area contributed by atoms with E-state index in [1.807, 2.05) is 0 Å². The molecule has 2 N–H and O–H groups in total. The summed E-state index contributed by atoms with van der Waals surface area (Å²) in [5.41, 5.74) is 7.51. The normalized spacial score (nSPS) is 24.8. The maximum absolute atomic E-state index is 13.1. The fraction of sp³-hybridized carbons (Fsp3) is 0.600. The molecule has 1 aromatic rings. The molecule has 0 heterocycles. The van der Waals surface area contributed by atoms with Crippen molar-refractivity contribution in [3.63, 3.8) is 0 Å². The topological polar surface area (TPSA) is 26.0 Å². The molecule has 0 aromatic heterocycles. The quantitative estimate of drug-likeness (QED) is 0.803. The van der Waals surface area contributed by atoms with Crippen molar-refractivity contribution in [1.29, 1.82) is 0 Å². The van der Waals surface area contributed by atoms with Crippen molar-refractivity contribution >= 4 is 11.6 Å². The highest BCUT2D eigenvalue weighted by molar-refractivity contribution is 6.31. The first-order valence-corrected chi connectivity index (χ1v) is 7.15. The van der Waals surface area contributed by atoms with Gasteiger partial charge in [-0.05, 0) is 48.8 Å². The van der Waals surface area contributed by atoms with Crippen LogP contribution in [0, 0.1) is 11.2 Å². The standard InChI is InChI=1S/C15H19ClFN/c16-13-8-11(17)4-5-12(13)15(18)9-14(10-15)6-2-1-3-7-14/h4-5,8H,1-3,6-7,9-10,18H2. The second-order valence-corrected chi connectivity index (χ2v) is 6.60. The lowest BCUT2D eigenvalue weighted by Gasteiger charge is -2.57. The molecule has 18 heavy (non-hydrogen) atoms. The van der Waals surface area contributed by atoms with Crippen molar-refractivity contribution in [3.05, 3.63) is 34.6 Å². The van der Waals surface area contributed by atoms with Gasteiger partial charge in [0, 0.05) is 10.6 Å². The van der Waals surface area contributed by atoms with Crippen LogP contribution in [0.25, 0.3) is 0 Å². The molecular formula is C15H19ClFN. The summed E-state index contributed by atoms with van der Waals surface area (Å²) in [6.45, 7) is 0. The van der Waals surface area contributed by atoms with E-state index in [0.717, 1.165) is 18.4 Å². The molecule has 2 saturated carbocycles.